The highest BCUT2D eigenvalue weighted by atomic mass is 16.3. The van der Waals surface area contributed by atoms with E-state index in [0.29, 0.717) is 17.5 Å². The van der Waals surface area contributed by atoms with Crippen molar-refractivity contribution >= 4 is 5.91 Å². The van der Waals surface area contributed by atoms with Gasteiger partial charge in [0.2, 0.25) is 0 Å². The minimum atomic E-state index is -0.0735. The summed E-state index contributed by atoms with van der Waals surface area (Å²) in [5.74, 6) is 0.442. The van der Waals surface area contributed by atoms with Gasteiger partial charge in [0.15, 0.2) is 0 Å². The van der Waals surface area contributed by atoms with E-state index >= 15 is 0 Å². The monoisotopic (exact) mass is 247 g/mol. The van der Waals surface area contributed by atoms with Gasteiger partial charge >= 0.3 is 0 Å². The third-order valence-electron chi connectivity index (χ3n) is 3.55. The highest BCUT2D eigenvalue weighted by Crippen LogP contribution is 2.36. The highest BCUT2D eigenvalue weighted by molar-refractivity contribution is 5.95. The van der Waals surface area contributed by atoms with Crippen LogP contribution < -0.4 is 0 Å². The minimum Gasteiger partial charge on any atom is -0.508 e. The molecule has 0 aromatic heterocycles. The van der Waals surface area contributed by atoms with E-state index in [2.05, 4.69) is 0 Å². The molecular formula is C14H17NO3. The summed E-state index contributed by atoms with van der Waals surface area (Å²) in [6.45, 7) is 0.819. The minimum absolute atomic E-state index is 0.0690. The largest absolute Gasteiger partial charge is 0.508 e. The van der Waals surface area contributed by atoms with Crippen molar-refractivity contribution in [3.8, 4) is 11.5 Å². The fourth-order valence-corrected chi connectivity index (χ4v) is 2.25. The molecule has 0 bridgehead atoms. The van der Waals surface area contributed by atoms with Crippen molar-refractivity contribution in [1.82, 2.24) is 4.90 Å². The molecule has 2 fully saturated rings. The van der Waals surface area contributed by atoms with E-state index in [1.54, 1.807) is 0 Å². The Labute approximate surface area is 106 Å². The second-order valence-corrected chi connectivity index (χ2v) is 5.37. The van der Waals surface area contributed by atoms with Gasteiger partial charge in [0.05, 0.1) is 0 Å². The number of hydrogen-bond acceptors (Lipinski definition) is 3. The Balaban J connectivity index is 1.81. The predicted molar refractivity (Wildman–Crippen MR) is 66.6 cm³/mol. The summed E-state index contributed by atoms with van der Waals surface area (Å²) in [4.78, 5) is 14.3. The molecule has 1 amide bonds. The van der Waals surface area contributed by atoms with Gasteiger partial charge in [0.25, 0.3) is 5.91 Å². The first-order chi connectivity index (χ1) is 8.63. The Bertz CT molecular complexity index is 458. The van der Waals surface area contributed by atoms with E-state index in [0.717, 1.165) is 19.4 Å². The van der Waals surface area contributed by atoms with Gasteiger partial charge in [-0.25, -0.2) is 0 Å². The summed E-state index contributed by atoms with van der Waals surface area (Å²) in [6.07, 6.45) is 4.57. The lowest BCUT2D eigenvalue weighted by Crippen LogP contribution is -2.34. The topological polar surface area (TPSA) is 60.8 Å². The maximum atomic E-state index is 12.4. The quantitative estimate of drug-likeness (QED) is 0.856. The average molecular weight is 247 g/mol. The van der Waals surface area contributed by atoms with Crippen LogP contribution in [-0.4, -0.2) is 33.6 Å². The average Bonchev–Trinajstić information content (AvgIpc) is 3.15. The van der Waals surface area contributed by atoms with Crippen LogP contribution in [0.2, 0.25) is 0 Å². The molecule has 2 aliphatic rings. The van der Waals surface area contributed by atoms with Gasteiger partial charge in [-0.05, 0) is 43.7 Å². The number of phenols is 2. The van der Waals surface area contributed by atoms with Crippen molar-refractivity contribution in [2.24, 2.45) is 5.92 Å². The second kappa shape index (κ2) is 4.19. The van der Waals surface area contributed by atoms with Crippen LogP contribution in [0.1, 0.15) is 36.0 Å². The normalized spacial score (nSPS) is 18.7. The van der Waals surface area contributed by atoms with Crippen molar-refractivity contribution in [3.63, 3.8) is 0 Å². The summed E-state index contributed by atoms with van der Waals surface area (Å²) in [6, 6.07) is 4.44. The van der Waals surface area contributed by atoms with E-state index in [4.69, 9.17) is 0 Å². The number of amides is 1. The van der Waals surface area contributed by atoms with E-state index in [9.17, 15) is 15.0 Å². The summed E-state index contributed by atoms with van der Waals surface area (Å²) in [5, 5.41) is 18.9. The first-order valence-electron chi connectivity index (χ1n) is 6.47. The van der Waals surface area contributed by atoms with Gasteiger partial charge < -0.3 is 15.1 Å². The van der Waals surface area contributed by atoms with Gasteiger partial charge in [0, 0.05) is 24.2 Å². The second-order valence-electron chi connectivity index (χ2n) is 5.37. The summed E-state index contributed by atoms with van der Waals surface area (Å²) in [5.41, 5.74) is 0.375. The predicted octanol–water partition coefficient (Wildman–Crippen LogP) is 2.11. The highest BCUT2D eigenvalue weighted by Gasteiger charge is 2.36. The first kappa shape index (κ1) is 11.4. The Hall–Kier alpha value is -1.71. The third kappa shape index (κ3) is 2.42. The molecule has 0 unspecified atom stereocenters. The molecule has 0 spiro atoms. The number of hydrogen-bond donors (Lipinski definition) is 2. The number of nitrogens with zero attached hydrogens (tertiary/aromatic N) is 1. The lowest BCUT2D eigenvalue weighted by molar-refractivity contribution is 0.0734. The van der Waals surface area contributed by atoms with Crippen molar-refractivity contribution in [3.05, 3.63) is 23.8 Å². The van der Waals surface area contributed by atoms with Crippen LogP contribution >= 0.6 is 0 Å². The molecule has 1 aromatic carbocycles. The molecule has 96 valence electrons. The molecule has 2 aliphatic carbocycles. The Morgan fingerprint density at radius 1 is 1.11 bits per heavy atom. The van der Waals surface area contributed by atoms with E-state index in [1.165, 1.54) is 31.0 Å². The lowest BCUT2D eigenvalue weighted by atomic mass is 10.1. The third-order valence-corrected chi connectivity index (χ3v) is 3.55. The van der Waals surface area contributed by atoms with Gasteiger partial charge in [-0.15, -0.1) is 0 Å². The molecule has 4 nitrogen and oxygen atoms in total. The number of phenolic OH excluding ortho intramolecular Hbond substituents is 2. The van der Waals surface area contributed by atoms with Crippen LogP contribution in [0.15, 0.2) is 18.2 Å². The number of aromatic hydroxyl groups is 2. The smallest absolute Gasteiger partial charge is 0.254 e. The maximum Gasteiger partial charge on any atom is 0.254 e. The van der Waals surface area contributed by atoms with Gasteiger partial charge in [-0.2, -0.15) is 0 Å². The van der Waals surface area contributed by atoms with E-state index < -0.39 is 0 Å². The molecule has 0 aliphatic heterocycles. The molecule has 3 rings (SSSR count). The van der Waals surface area contributed by atoms with E-state index in [-0.39, 0.29) is 17.4 Å². The molecule has 0 radical (unpaired) electrons. The molecule has 18 heavy (non-hydrogen) atoms. The Kier molecular flexibility index (Phi) is 2.65. The molecule has 0 saturated heterocycles. The standard InChI is InChI=1S/C14H17NO3/c16-12-5-10(6-13(17)7-12)14(18)15(11-3-4-11)8-9-1-2-9/h5-7,9,11,16-17H,1-4,8H2. The van der Waals surface area contributed by atoms with Crippen molar-refractivity contribution in [2.75, 3.05) is 6.54 Å². The van der Waals surface area contributed by atoms with Crippen molar-refractivity contribution in [1.29, 1.82) is 0 Å². The van der Waals surface area contributed by atoms with Crippen LogP contribution in [0.5, 0.6) is 11.5 Å². The molecule has 2 N–H and O–H groups in total. The van der Waals surface area contributed by atoms with Gasteiger partial charge in [-0.3, -0.25) is 4.79 Å². The number of carbonyl (C=O) groups is 1. The molecule has 4 heteroatoms. The zero-order valence-corrected chi connectivity index (χ0v) is 10.2. The SMILES string of the molecule is O=C(c1cc(O)cc(O)c1)N(CC1CC1)C1CC1. The maximum absolute atomic E-state index is 12.4. The van der Waals surface area contributed by atoms with Gasteiger partial charge in [-0.1, -0.05) is 0 Å². The summed E-state index contributed by atoms with van der Waals surface area (Å²) < 4.78 is 0. The van der Waals surface area contributed by atoms with Gasteiger partial charge in [0.1, 0.15) is 11.5 Å². The van der Waals surface area contributed by atoms with Crippen LogP contribution in [-0.2, 0) is 0 Å². The molecular weight excluding hydrogens is 230 g/mol. The summed E-state index contributed by atoms with van der Waals surface area (Å²) >= 11 is 0. The Morgan fingerprint density at radius 3 is 2.22 bits per heavy atom. The van der Waals surface area contributed by atoms with Crippen LogP contribution in [0, 0.1) is 5.92 Å². The molecule has 0 heterocycles. The number of benzene rings is 1. The molecule has 1 aromatic rings. The van der Waals surface area contributed by atoms with Crippen molar-refractivity contribution < 1.29 is 15.0 Å². The molecule has 2 saturated carbocycles. The lowest BCUT2D eigenvalue weighted by Gasteiger charge is -2.22. The number of rotatable bonds is 4. The summed E-state index contributed by atoms with van der Waals surface area (Å²) in [7, 11) is 0. The fraction of sp³-hybridized carbons (Fsp3) is 0.500. The van der Waals surface area contributed by atoms with Crippen molar-refractivity contribution in [2.45, 2.75) is 31.7 Å². The first-order valence-corrected chi connectivity index (χ1v) is 6.47. The number of carbonyl (C=O) groups excluding carboxylic acids is 1. The zero-order chi connectivity index (χ0) is 12.7. The molecule has 0 atom stereocenters. The van der Waals surface area contributed by atoms with Crippen LogP contribution in [0.4, 0.5) is 0 Å². The van der Waals surface area contributed by atoms with Crippen LogP contribution in [0.25, 0.3) is 0 Å². The van der Waals surface area contributed by atoms with Crippen LogP contribution in [0.3, 0.4) is 0 Å². The fourth-order valence-electron chi connectivity index (χ4n) is 2.25. The zero-order valence-electron chi connectivity index (χ0n) is 10.2. The van der Waals surface area contributed by atoms with E-state index in [1.807, 2.05) is 4.90 Å². The Morgan fingerprint density at radius 2 is 1.72 bits per heavy atom.